The second-order valence-corrected chi connectivity index (χ2v) is 5.10. The minimum Gasteiger partial charge on any atom is -0.306 e. The van der Waals surface area contributed by atoms with E-state index in [4.69, 9.17) is 0 Å². The summed E-state index contributed by atoms with van der Waals surface area (Å²) in [4.78, 5) is 8.87. The molecule has 0 fully saturated rings. The Morgan fingerprint density at radius 2 is 2.11 bits per heavy atom. The SMILES string of the molecule is CCNC(c1ccsc1)c1cccc2nccnc12. The first-order chi connectivity index (χ1) is 9.40. The Hall–Kier alpha value is -1.78. The van der Waals surface area contributed by atoms with Crippen molar-refractivity contribution in [1.29, 1.82) is 0 Å². The largest absolute Gasteiger partial charge is 0.306 e. The van der Waals surface area contributed by atoms with Crippen molar-refractivity contribution in [3.05, 3.63) is 58.5 Å². The third kappa shape index (κ3) is 2.37. The summed E-state index contributed by atoms with van der Waals surface area (Å²) in [5, 5.41) is 7.82. The summed E-state index contributed by atoms with van der Waals surface area (Å²) in [5.41, 5.74) is 4.39. The second kappa shape index (κ2) is 5.47. The van der Waals surface area contributed by atoms with Gasteiger partial charge >= 0.3 is 0 Å². The van der Waals surface area contributed by atoms with E-state index in [-0.39, 0.29) is 6.04 Å². The Labute approximate surface area is 116 Å². The summed E-state index contributed by atoms with van der Waals surface area (Å²) in [6, 6.07) is 8.51. The van der Waals surface area contributed by atoms with Gasteiger partial charge < -0.3 is 5.32 Å². The van der Waals surface area contributed by atoms with Crippen LogP contribution in [0.4, 0.5) is 0 Å². The highest BCUT2D eigenvalue weighted by Crippen LogP contribution is 2.28. The molecule has 1 aromatic carbocycles. The normalized spacial score (nSPS) is 12.7. The van der Waals surface area contributed by atoms with Crippen LogP contribution in [0.25, 0.3) is 11.0 Å². The Balaban J connectivity index is 2.15. The molecule has 3 aromatic rings. The first kappa shape index (κ1) is 12.3. The van der Waals surface area contributed by atoms with E-state index in [0.29, 0.717) is 0 Å². The number of rotatable bonds is 4. The van der Waals surface area contributed by atoms with Gasteiger partial charge in [0, 0.05) is 18.0 Å². The molecule has 0 radical (unpaired) electrons. The van der Waals surface area contributed by atoms with Gasteiger partial charge in [0.1, 0.15) is 0 Å². The van der Waals surface area contributed by atoms with Crippen LogP contribution in [0.2, 0.25) is 0 Å². The van der Waals surface area contributed by atoms with Crippen LogP contribution < -0.4 is 5.32 Å². The van der Waals surface area contributed by atoms with Gasteiger partial charge in [-0.3, -0.25) is 9.97 Å². The average molecular weight is 269 g/mol. The van der Waals surface area contributed by atoms with Crippen LogP contribution in [0.5, 0.6) is 0 Å². The quantitative estimate of drug-likeness (QED) is 0.789. The lowest BCUT2D eigenvalue weighted by Crippen LogP contribution is -2.22. The molecule has 2 aromatic heterocycles. The van der Waals surface area contributed by atoms with Crippen LogP contribution in [0.15, 0.2) is 47.4 Å². The molecule has 0 saturated heterocycles. The molecule has 1 N–H and O–H groups in total. The van der Waals surface area contributed by atoms with Crippen LogP contribution in [-0.4, -0.2) is 16.5 Å². The number of aromatic nitrogens is 2. The van der Waals surface area contributed by atoms with Gasteiger partial charge in [0.25, 0.3) is 0 Å². The van der Waals surface area contributed by atoms with Gasteiger partial charge in [-0.05, 0) is 35.0 Å². The first-order valence-electron chi connectivity index (χ1n) is 6.35. The van der Waals surface area contributed by atoms with Crippen molar-refractivity contribution in [1.82, 2.24) is 15.3 Å². The van der Waals surface area contributed by atoms with Crippen molar-refractivity contribution in [3.63, 3.8) is 0 Å². The van der Waals surface area contributed by atoms with E-state index < -0.39 is 0 Å². The molecule has 0 aliphatic heterocycles. The van der Waals surface area contributed by atoms with Crippen LogP contribution in [0.3, 0.4) is 0 Å². The van der Waals surface area contributed by atoms with Crippen molar-refractivity contribution < 1.29 is 0 Å². The lowest BCUT2D eigenvalue weighted by atomic mass is 9.99. The lowest BCUT2D eigenvalue weighted by Gasteiger charge is -2.18. The molecule has 1 atom stereocenters. The fourth-order valence-corrected chi connectivity index (χ4v) is 2.98. The number of para-hydroxylation sites is 1. The van der Waals surface area contributed by atoms with Crippen LogP contribution in [0.1, 0.15) is 24.1 Å². The van der Waals surface area contributed by atoms with Gasteiger partial charge in [0.2, 0.25) is 0 Å². The van der Waals surface area contributed by atoms with Crippen LogP contribution in [-0.2, 0) is 0 Å². The molecule has 0 saturated carbocycles. The van der Waals surface area contributed by atoms with Crippen molar-refractivity contribution in [3.8, 4) is 0 Å². The summed E-state index contributed by atoms with van der Waals surface area (Å²) >= 11 is 1.72. The van der Waals surface area contributed by atoms with Crippen molar-refractivity contribution in [2.24, 2.45) is 0 Å². The Morgan fingerprint density at radius 1 is 1.21 bits per heavy atom. The summed E-state index contributed by atoms with van der Waals surface area (Å²) in [5.74, 6) is 0. The molecule has 2 heterocycles. The summed E-state index contributed by atoms with van der Waals surface area (Å²) in [6.45, 7) is 3.04. The Morgan fingerprint density at radius 3 is 2.89 bits per heavy atom. The average Bonchev–Trinajstić information content (AvgIpc) is 2.98. The maximum atomic E-state index is 4.50. The van der Waals surface area contributed by atoms with Crippen molar-refractivity contribution in [2.45, 2.75) is 13.0 Å². The van der Waals surface area contributed by atoms with E-state index in [9.17, 15) is 0 Å². The molecule has 96 valence electrons. The fourth-order valence-electron chi connectivity index (χ4n) is 2.30. The van der Waals surface area contributed by atoms with E-state index >= 15 is 0 Å². The standard InChI is InChI=1S/C15H15N3S/c1-2-16-14(11-6-9-19-10-11)12-4-3-5-13-15(12)18-8-7-17-13/h3-10,14,16H,2H2,1H3. The molecule has 0 bridgehead atoms. The molecule has 0 aliphatic rings. The molecule has 0 aliphatic carbocycles. The Kier molecular flexibility index (Phi) is 3.53. The number of hydrogen-bond acceptors (Lipinski definition) is 4. The molecule has 19 heavy (non-hydrogen) atoms. The van der Waals surface area contributed by atoms with E-state index in [1.807, 2.05) is 12.1 Å². The van der Waals surface area contributed by atoms with Gasteiger partial charge in [-0.15, -0.1) is 0 Å². The highest BCUT2D eigenvalue weighted by atomic mass is 32.1. The number of hydrogen-bond donors (Lipinski definition) is 1. The minimum absolute atomic E-state index is 0.177. The van der Waals surface area contributed by atoms with Gasteiger partial charge in [0.15, 0.2) is 0 Å². The van der Waals surface area contributed by atoms with E-state index in [1.165, 1.54) is 11.1 Å². The summed E-state index contributed by atoms with van der Waals surface area (Å²) in [6.07, 6.45) is 3.49. The molecular formula is C15H15N3S. The van der Waals surface area contributed by atoms with Gasteiger partial charge in [-0.2, -0.15) is 11.3 Å². The number of thiophene rings is 1. The number of nitrogens with one attached hydrogen (secondary N) is 1. The predicted molar refractivity (Wildman–Crippen MR) is 79.4 cm³/mol. The van der Waals surface area contributed by atoms with Crippen molar-refractivity contribution in [2.75, 3.05) is 6.54 Å². The zero-order valence-electron chi connectivity index (χ0n) is 10.7. The highest BCUT2D eigenvalue weighted by Gasteiger charge is 2.16. The zero-order chi connectivity index (χ0) is 13.1. The number of nitrogens with zero attached hydrogens (tertiary/aromatic N) is 2. The predicted octanol–water partition coefficient (Wildman–Crippen LogP) is 3.39. The van der Waals surface area contributed by atoms with Crippen LogP contribution >= 0.6 is 11.3 Å². The van der Waals surface area contributed by atoms with E-state index in [0.717, 1.165) is 17.6 Å². The zero-order valence-corrected chi connectivity index (χ0v) is 11.5. The van der Waals surface area contributed by atoms with Crippen LogP contribution in [0, 0.1) is 0 Å². The van der Waals surface area contributed by atoms with Gasteiger partial charge in [-0.25, -0.2) is 0 Å². The fraction of sp³-hybridized carbons (Fsp3) is 0.200. The summed E-state index contributed by atoms with van der Waals surface area (Å²) < 4.78 is 0. The molecule has 3 rings (SSSR count). The van der Waals surface area contributed by atoms with Gasteiger partial charge in [-0.1, -0.05) is 19.1 Å². The summed E-state index contributed by atoms with van der Waals surface area (Å²) in [7, 11) is 0. The van der Waals surface area contributed by atoms with Gasteiger partial charge in [0.05, 0.1) is 17.1 Å². The maximum Gasteiger partial charge on any atom is 0.0937 e. The lowest BCUT2D eigenvalue weighted by molar-refractivity contribution is 0.635. The molecular weight excluding hydrogens is 254 g/mol. The topological polar surface area (TPSA) is 37.8 Å². The Bertz CT molecular complexity index is 659. The highest BCUT2D eigenvalue weighted by molar-refractivity contribution is 7.08. The smallest absolute Gasteiger partial charge is 0.0937 e. The van der Waals surface area contributed by atoms with E-state index in [1.54, 1.807) is 23.7 Å². The molecule has 3 nitrogen and oxygen atoms in total. The van der Waals surface area contributed by atoms with E-state index in [2.05, 4.69) is 45.1 Å². The molecule has 0 spiro atoms. The molecule has 1 unspecified atom stereocenters. The first-order valence-corrected chi connectivity index (χ1v) is 7.29. The third-order valence-corrected chi connectivity index (χ3v) is 3.83. The second-order valence-electron chi connectivity index (χ2n) is 4.32. The molecule has 0 amide bonds. The number of fused-ring (bicyclic) bond motifs is 1. The third-order valence-electron chi connectivity index (χ3n) is 3.13. The maximum absolute atomic E-state index is 4.50. The molecule has 4 heteroatoms. The minimum atomic E-state index is 0.177. The number of benzene rings is 1. The monoisotopic (exact) mass is 269 g/mol. The van der Waals surface area contributed by atoms with Crippen molar-refractivity contribution >= 4 is 22.4 Å².